The molecule has 2 aliphatic heterocycles. The van der Waals surface area contributed by atoms with Gasteiger partial charge in [-0.25, -0.2) is 13.5 Å². The summed E-state index contributed by atoms with van der Waals surface area (Å²) < 4.78 is 111. The van der Waals surface area contributed by atoms with E-state index in [2.05, 4.69) is 10.4 Å². The van der Waals surface area contributed by atoms with Crippen molar-refractivity contribution in [3.8, 4) is 11.1 Å². The van der Waals surface area contributed by atoms with E-state index in [9.17, 15) is 26.3 Å². The molecule has 222 valence electrons. The van der Waals surface area contributed by atoms with Crippen molar-refractivity contribution in [2.24, 2.45) is 0 Å². The first-order valence-electron chi connectivity index (χ1n) is 13.2. The van der Waals surface area contributed by atoms with E-state index in [1.165, 1.54) is 18.3 Å². The minimum absolute atomic E-state index is 0.0933. The summed E-state index contributed by atoms with van der Waals surface area (Å²) in [5.41, 5.74) is 1.42. The Bertz CT molecular complexity index is 1340. The number of alkyl halides is 6. The highest BCUT2D eigenvalue weighted by molar-refractivity contribution is 5.64. The molecule has 5 nitrogen and oxygen atoms in total. The first-order chi connectivity index (χ1) is 19.4. The quantitative estimate of drug-likeness (QED) is 0.287. The van der Waals surface area contributed by atoms with Gasteiger partial charge in [0.2, 0.25) is 0 Å². The standard InChI is InChI=1S/C28H29F8N5/c1-16-7-18-8-17(19-11-37-41(12-19)27(32)33)3-4-22(18)26(40(16)15-28(34,35)36)25-23(30)9-20(10-24(25)31)38-21-13-39(14-21)6-2-5-29/h3-4,8-12,16,21,26-27,38H,2,5-7,13-15H2,1H3/t16-,26+/m1/s1. The monoisotopic (exact) mass is 587 g/mol. The molecule has 3 heterocycles. The van der Waals surface area contributed by atoms with Gasteiger partial charge in [-0.2, -0.15) is 27.1 Å². The summed E-state index contributed by atoms with van der Waals surface area (Å²) in [7, 11) is 0. The molecule has 0 bridgehead atoms. The van der Waals surface area contributed by atoms with Gasteiger partial charge in [-0.05, 0) is 48.6 Å². The number of benzene rings is 2. The molecule has 3 aromatic rings. The number of anilines is 1. The molecule has 0 radical (unpaired) electrons. The van der Waals surface area contributed by atoms with Crippen LogP contribution in [0.5, 0.6) is 0 Å². The fourth-order valence-electron chi connectivity index (χ4n) is 5.76. The average molecular weight is 588 g/mol. The molecular formula is C28H29F8N5. The SMILES string of the molecule is C[C@@H]1Cc2cc(-c3cnn(C(F)F)c3)ccc2[C@@H](c2c(F)cc(NC3CN(CCCF)C3)cc2F)N1CC(F)(F)F. The van der Waals surface area contributed by atoms with Gasteiger partial charge >= 0.3 is 12.7 Å². The zero-order valence-electron chi connectivity index (χ0n) is 22.1. The Labute approximate surface area is 231 Å². The highest BCUT2D eigenvalue weighted by Crippen LogP contribution is 2.43. The van der Waals surface area contributed by atoms with E-state index in [1.807, 2.05) is 4.90 Å². The van der Waals surface area contributed by atoms with Gasteiger partial charge in [0.15, 0.2) is 0 Å². The van der Waals surface area contributed by atoms with Gasteiger partial charge in [0.05, 0.1) is 31.5 Å². The molecule has 2 atom stereocenters. The normalized spacial score (nSPS) is 20.3. The molecule has 13 heteroatoms. The number of nitrogens with zero attached hydrogens (tertiary/aromatic N) is 4. The molecule has 2 aromatic carbocycles. The van der Waals surface area contributed by atoms with Gasteiger partial charge in [-0.15, -0.1) is 0 Å². The van der Waals surface area contributed by atoms with Crippen LogP contribution in [0.3, 0.4) is 0 Å². The van der Waals surface area contributed by atoms with Crippen LogP contribution < -0.4 is 5.32 Å². The van der Waals surface area contributed by atoms with Gasteiger partial charge in [0.25, 0.3) is 0 Å². The van der Waals surface area contributed by atoms with Crippen molar-refractivity contribution in [1.82, 2.24) is 19.6 Å². The molecule has 0 saturated carbocycles. The first kappa shape index (κ1) is 29.3. The van der Waals surface area contributed by atoms with Gasteiger partial charge in [0, 0.05) is 48.7 Å². The maximum absolute atomic E-state index is 15.6. The van der Waals surface area contributed by atoms with Gasteiger partial charge < -0.3 is 5.32 Å². The summed E-state index contributed by atoms with van der Waals surface area (Å²) in [6.07, 6.45) is -1.66. The number of nitrogens with one attached hydrogen (secondary N) is 1. The fourth-order valence-corrected chi connectivity index (χ4v) is 5.76. The Kier molecular flexibility index (Phi) is 8.29. The Hall–Kier alpha value is -3.19. The summed E-state index contributed by atoms with van der Waals surface area (Å²) in [5, 5.41) is 6.66. The van der Waals surface area contributed by atoms with E-state index in [0.29, 0.717) is 53.0 Å². The Morgan fingerprint density at radius 1 is 1.05 bits per heavy atom. The third-order valence-electron chi connectivity index (χ3n) is 7.64. The zero-order chi connectivity index (χ0) is 29.5. The molecular weight excluding hydrogens is 558 g/mol. The van der Waals surface area contributed by atoms with Crippen molar-refractivity contribution in [3.63, 3.8) is 0 Å². The number of hydrogen-bond donors (Lipinski definition) is 1. The smallest absolute Gasteiger partial charge is 0.380 e. The summed E-state index contributed by atoms with van der Waals surface area (Å²) in [4.78, 5) is 3.04. The fraction of sp³-hybridized carbons (Fsp3) is 0.464. The van der Waals surface area contributed by atoms with E-state index >= 15 is 8.78 Å². The van der Waals surface area contributed by atoms with E-state index in [1.54, 1.807) is 13.0 Å². The van der Waals surface area contributed by atoms with Crippen LogP contribution >= 0.6 is 0 Å². The summed E-state index contributed by atoms with van der Waals surface area (Å²) in [6, 6.07) is 4.63. The van der Waals surface area contributed by atoms with Crippen molar-refractivity contribution in [2.45, 2.75) is 50.6 Å². The molecule has 5 rings (SSSR count). The lowest BCUT2D eigenvalue weighted by atomic mass is 9.83. The van der Waals surface area contributed by atoms with E-state index < -0.39 is 55.2 Å². The molecule has 1 fully saturated rings. The average Bonchev–Trinajstić information content (AvgIpc) is 3.36. The summed E-state index contributed by atoms with van der Waals surface area (Å²) in [6.45, 7) is -1.34. The van der Waals surface area contributed by atoms with Crippen LogP contribution in [0.25, 0.3) is 11.1 Å². The maximum Gasteiger partial charge on any atom is 0.401 e. The third-order valence-corrected chi connectivity index (χ3v) is 7.64. The van der Waals surface area contributed by atoms with E-state index in [4.69, 9.17) is 0 Å². The predicted octanol–water partition coefficient (Wildman–Crippen LogP) is 6.58. The molecule has 41 heavy (non-hydrogen) atoms. The second-order valence-corrected chi connectivity index (χ2v) is 10.6. The number of rotatable bonds is 9. The highest BCUT2D eigenvalue weighted by Gasteiger charge is 2.42. The largest absolute Gasteiger partial charge is 0.401 e. The molecule has 1 aromatic heterocycles. The Morgan fingerprint density at radius 2 is 1.76 bits per heavy atom. The van der Waals surface area contributed by atoms with Crippen LogP contribution in [-0.4, -0.2) is 70.7 Å². The van der Waals surface area contributed by atoms with Crippen LogP contribution in [0, 0.1) is 11.6 Å². The number of hydrogen-bond acceptors (Lipinski definition) is 4. The lowest BCUT2D eigenvalue weighted by Gasteiger charge is -2.43. The highest BCUT2D eigenvalue weighted by atomic mass is 19.4. The van der Waals surface area contributed by atoms with Crippen LogP contribution in [0.1, 0.15) is 42.6 Å². The zero-order valence-corrected chi connectivity index (χ0v) is 22.1. The lowest BCUT2D eigenvalue weighted by molar-refractivity contribution is -0.155. The molecule has 0 aliphatic carbocycles. The van der Waals surface area contributed by atoms with Crippen LogP contribution in [0.15, 0.2) is 42.7 Å². The molecule has 0 unspecified atom stereocenters. The van der Waals surface area contributed by atoms with Gasteiger partial charge in [-0.3, -0.25) is 14.2 Å². The van der Waals surface area contributed by atoms with Crippen molar-refractivity contribution >= 4 is 5.69 Å². The minimum atomic E-state index is -4.62. The van der Waals surface area contributed by atoms with Crippen molar-refractivity contribution in [2.75, 3.05) is 38.2 Å². The minimum Gasteiger partial charge on any atom is -0.380 e. The summed E-state index contributed by atoms with van der Waals surface area (Å²) in [5.74, 6) is -1.97. The molecule has 2 aliphatic rings. The van der Waals surface area contributed by atoms with Gasteiger partial charge in [0.1, 0.15) is 11.6 Å². The van der Waals surface area contributed by atoms with Crippen LogP contribution in [-0.2, 0) is 6.42 Å². The predicted molar refractivity (Wildman–Crippen MR) is 137 cm³/mol. The van der Waals surface area contributed by atoms with Crippen molar-refractivity contribution < 1.29 is 35.1 Å². The number of fused-ring (bicyclic) bond motifs is 1. The molecule has 1 N–H and O–H groups in total. The first-order valence-corrected chi connectivity index (χ1v) is 13.2. The van der Waals surface area contributed by atoms with E-state index in [0.717, 1.165) is 23.2 Å². The number of aromatic nitrogens is 2. The lowest BCUT2D eigenvalue weighted by Crippen LogP contribution is -2.54. The second-order valence-electron chi connectivity index (χ2n) is 10.6. The number of likely N-dealkylation sites (tertiary alicyclic amines) is 1. The Balaban J connectivity index is 1.48. The van der Waals surface area contributed by atoms with Crippen LogP contribution in [0.2, 0.25) is 0 Å². The van der Waals surface area contributed by atoms with Gasteiger partial charge in [-0.1, -0.05) is 18.2 Å². The van der Waals surface area contributed by atoms with Crippen molar-refractivity contribution in [3.05, 3.63) is 71.1 Å². The molecule has 1 saturated heterocycles. The Morgan fingerprint density at radius 3 is 2.37 bits per heavy atom. The van der Waals surface area contributed by atoms with Crippen molar-refractivity contribution in [1.29, 1.82) is 0 Å². The molecule has 0 spiro atoms. The maximum atomic E-state index is 15.6. The van der Waals surface area contributed by atoms with E-state index in [-0.39, 0.29) is 18.2 Å². The second kappa shape index (κ2) is 11.6. The third kappa shape index (κ3) is 6.35. The number of halogens is 8. The van der Waals surface area contributed by atoms with Crippen LogP contribution in [0.4, 0.5) is 40.8 Å². The topological polar surface area (TPSA) is 36.3 Å². The molecule has 0 amide bonds. The summed E-state index contributed by atoms with van der Waals surface area (Å²) >= 11 is 0.